The van der Waals surface area contributed by atoms with Crippen molar-refractivity contribution in [3.05, 3.63) is 35.5 Å². The molecule has 0 saturated carbocycles. The standard InChI is InChI=1S/C19H29ClN2O2/c1-6-8-15(11-16(13-21)12-17(20)22)10-7-9-14(2)18(23)24-19(3,4)5/h10,12-13,21-22H,2,6-9,11H2,1,3-5H3/b15-10+,16-12-,21-13?,22-17?. The molecule has 0 spiro atoms. The predicted octanol–water partition coefficient (Wildman–Crippen LogP) is 5.57. The zero-order valence-corrected chi connectivity index (χ0v) is 15.9. The molecule has 0 amide bonds. The molecule has 0 heterocycles. The van der Waals surface area contributed by atoms with Crippen LogP contribution in [0.4, 0.5) is 0 Å². The summed E-state index contributed by atoms with van der Waals surface area (Å²) in [6.45, 7) is 11.4. The second-order valence-corrected chi connectivity index (χ2v) is 7.05. The highest BCUT2D eigenvalue weighted by Crippen LogP contribution is 2.19. The van der Waals surface area contributed by atoms with E-state index in [4.69, 9.17) is 27.2 Å². The molecular formula is C19H29ClN2O2. The van der Waals surface area contributed by atoms with E-state index in [2.05, 4.69) is 19.6 Å². The SMILES string of the molecule is C=C(CC/C=C(\CCC)C/C(C=N)=C/C(=N)Cl)C(=O)OC(C)(C)C. The topological polar surface area (TPSA) is 74.0 Å². The smallest absolute Gasteiger partial charge is 0.333 e. The lowest BCUT2D eigenvalue weighted by atomic mass is 9.99. The van der Waals surface area contributed by atoms with Crippen molar-refractivity contribution in [2.24, 2.45) is 0 Å². The Labute approximate surface area is 150 Å². The normalized spacial score (nSPS) is 12.7. The molecule has 5 heteroatoms. The molecule has 0 radical (unpaired) electrons. The van der Waals surface area contributed by atoms with Crippen LogP contribution in [0.5, 0.6) is 0 Å². The van der Waals surface area contributed by atoms with E-state index in [0.717, 1.165) is 12.8 Å². The van der Waals surface area contributed by atoms with E-state index in [1.54, 1.807) is 0 Å². The zero-order valence-electron chi connectivity index (χ0n) is 15.2. The summed E-state index contributed by atoms with van der Waals surface area (Å²) in [5.74, 6) is -0.358. The van der Waals surface area contributed by atoms with E-state index in [1.807, 2.05) is 20.8 Å². The quantitative estimate of drug-likeness (QED) is 0.233. The van der Waals surface area contributed by atoms with Crippen LogP contribution in [-0.4, -0.2) is 23.0 Å². The molecule has 0 rings (SSSR count). The van der Waals surface area contributed by atoms with Crippen LogP contribution in [0.1, 0.15) is 59.8 Å². The largest absolute Gasteiger partial charge is 0.457 e. The summed E-state index contributed by atoms with van der Waals surface area (Å²) in [7, 11) is 0. The monoisotopic (exact) mass is 352 g/mol. The highest BCUT2D eigenvalue weighted by Gasteiger charge is 2.18. The number of halogens is 1. The van der Waals surface area contributed by atoms with E-state index in [1.165, 1.54) is 17.9 Å². The average molecular weight is 353 g/mol. The summed E-state index contributed by atoms with van der Waals surface area (Å²) in [5.41, 5.74) is 1.81. The number of nitrogens with one attached hydrogen (secondary N) is 2. The molecule has 0 aliphatic heterocycles. The molecule has 4 nitrogen and oxygen atoms in total. The van der Waals surface area contributed by atoms with Crippen LogP contribution < -0.4 is 0 Å². The first kappa shape index (κ1) is 22.3. The molecule has 0 aromatic heterocycles. The molecule has 0 aromatic rings. The van der Waals surface area contributed by atoms with Gasteiger partial charge >= 0.3 is 5.97 Å². The van der Waals surface area contributed by atoms with Gasteiger partial charge in [0.25, 0.3) is 0 Å². The van der Waals surface area contributed by atoms with E-state index in [-0.39, 0.29) is 11.1 Å². The Kier molecular flexibility index (Phi) is 10.2. The highest BCUT2D eigenvalue weighted by molar-refractivity contribution is 6.67. The van der Waals surface area contributed by atoms with Crippen molar-refractivity contribution >= 4 is 29.0 Å². The summed E-state index contributed by atoms with van der Waals surface area (Å²) in [5, 5.41) is 14.6. The van der Waals surface area contributed by atoms with Crippen molar-refractivity contribution < 1.29 is 9.53 Å². The van der Waals surface area contributed by atoms with Gasteiger partial charge in [0.1, 0.15) is 10.8 Å². The van der Waals surface area contributed by atoms with Crippen LogP contribution in [0.2, 0.25) is 0 Å². The Morgan fingerprint density at radius 2 is 1.92 bits per heavy atom. The van der Waals surface area contributed by atoms with Crippen LogP contribution in [0.3, 0.4) is 0 Å². The van der Waals surface area contributed by atoms with Crippen LogP contribution in [0.25, 0.3) is 0 Å². The fraction of sp³-hybridized carbons (Fsp3) is 0.526. The first-order chi connectivity index (χ1) is 11.1. The molecule has 0 aliphatic carbocycles. The van der Waals surface area contributed by atoms with Crippen molar-refractivity contribution in [2.75, 3.05) is 0 Å². The average Bonchev–Trinajstić information content (AvgIpc) is 2.44. The maximum atomic E-state index is 11.9. The molecule has 0 aliphatic rings. The van der Waals surface area contributed by atoms with Crippen LogP contribution in [-0.2, 0) is 9.53 Å². The van der Waals surface area contributed by atoms with Crippen molar-refractivity contribution in [3.8, 4) is 0 Å². The van der Waals surface area contributed by atoms with Crippen molar-refractivity contribution in [2.45, 2.75) is 65.4 Å². The van der Waals surface area contributed by atoms with Gasteiger partial charge in [0, 0.05) is 11.8 Å². The fourth-order valence-corrected chi connectivity index (χ4v) is 2.20. The summed E-state index contributed by atoms with van der Waals surface area (Å²) in [4.78, 5) is 11.9. The van der Waals surface area contributed by atoms with Gasteiger partial charge in [-0.2, -0.15) is 0 Å². The Morgan fingerprint density at radius 1 is 1.29 bits per heavy atom. The van der Waals surface area contributed by atoms with Gasteiger partial charge in [-0.25, -0.2) is 4.79 Å². The number of ether oxygens (including phenoxy) is 1. The van der Waals surface area contributed by atoms with Gasteiger partial charge in [0.2, 0.25) is 0 Å². The summed E-state index contributed by atoms with van der Waals surface area (Å²) in [6, 6.07) is 0. The second-order valence-electron chi connectivity index (χ2n) is 6.64. The zero-order chi connectivity index (χ0) is 18.8. The molecule has 0 aromatic carbocycles. The van der Waals surface area contributed by atoms with Gasteiger partial charge in [-0.1, -0.05) is 43.2 Å². The molecule has 0 fully saturated rings. The highest BCUT2D eigenvalue weighted by atomic mass is 35.5. The van der Waals surface area contributed by atoms with E-state index < -0.39 is 5.60 Å². The number of esters is 1. The third-order valence-corrected chi connectivity index (χ3v) is 3.18. The van der Waals surface area contributed by atoms with Crippen molar-refractivity contribution in [3.63, 3.8) is 0 Å². The van der Waals surface area contributed by atoms with Gasteiger partial charge < -0.3 is 10.1 Å². The molecule has 0 atom stereocenters. The minimum Gasteiger partial charge on any atom is -0.457 e. The minimum absolute atomic E-state index is 0.0809. The van der Waals surface area contributed by atoms with Crippen LogP contribution in [0, 0.1) is 10.8 Å². The number of hydrogen-bond donors (Lipinski definition) is 2. The Bertz CT molecular complexity index is 540. The lowest BCUT2D eigenvalue weighted by Gasteiger charge is -2.20. The molecular weight excluding hydrogens is 324 g/mol. The lowest BCUT2D eigenvalue weighted by molar-refractivity contribution is -0.150. The predicted molar refractivity (Wildman–Crippen MR) is 102 cm³/mol. The first-order valence-electron chi connectivity index (χ1n) is 8.13. The van der Waals surface area contributed by atoms with E-state index in [0.29, 0.717) is 30.4 Å². The fourth-order valence-electron chi connectivity index (χ4n) is 2.06. The van der Waals surface area contributed by atoms with E-state index in [9.17, 15) is 4.79 Å². The van der Waals surface area contributed by atoms with Crippen LogP contribution in [0.15, 0.2) is 35.5 Å². The number of allylic oxidation sites excluding steroid dienone is 4. The summed E-state index contributed by atoms with van der Waals surface area (Å²) < 4.78 is 5.29. The second kappa shape index (κ2) is 11.0. The minimum atomic E-state index is -0.515. The number of rotatable bonds is 10. The molecule has 0 bridgehead atoms. The number of hydrogen-bond acceptors (Lipinski definition) is 4. The van der Waals surface area contributed by atoms with Gasteiger partial charge in [-0.05, 0) is 58.1 Å². The molecule has 0 saturated heterocycles. The van der Waals surface area contributed by atoms with Gasteiger partial charge in [-0.15, -0.1) is 0 Å². The van der Waals surface area contributed by atoms with Crippen molar-refractivity contribution in [1.82, 2.24) is 0 Å². The van der Waals surface area contributed by atoms with Crippen LogP contribution >= 0.6 is 11.6 Å². The first-order valence-corrected chi connectivity index (χ1v) is 8.51. The Balaban J connectivity index is 4.74. The van der Waals surface area contributed by atoms with Crippen molar-refractivity contribution in [1.29, 1.82) is 10.8 Å². The van der Waals surface area contributed by atoms with E-state index >= 15 is 0 Å². The maximum absolute atomic E-state index is 11.9. The number of carbonyl (C=O) groups is 1. The molecule has 134 valence electrons. The van der Waals surface area contributed by atoms with Gasteiger partial charge in [0.05, 0.1) is 0 Å². The lowest BCUT2D eigenvalue weighted by Crippen LogP contribution is -2.24. The summed E-state index contributed by atoms with van der Waals surface area (Å²) >= 11 is 5.57. The molecule has 0 unspecified atom stereocenters. The molecule has 2 N–H and O–H groups in total. The van der Waals surface area contributed by atoms with Gasteiger partial charge in [0.15, 0.2) is 0 Å². The summed E-state index contributed by atoms with van der Waals surface area (Å²) in [6.07, 6.45) is 8.49. The Hall–Kier alpha value is -1.68. The number of carbonyl (C=O) groups excluding carboxylic acids is 1. The maximum Gasteiger partial charge on any atom is 0.333 e. The third kappa shape index (κ3) is 10.9. The molecule has 24 heavy (non-hydrogen) atoms. The van der Waals surface area contributed by atoms with Gasteiger partial charge in [-0.3, -0.25) is 5.41 Å². The Morgan fingerprint density at radius 3 is 2.38 bits per heavy atom. The third-order valence-electron chi connectivity index (χ3n) is 3.07.